The Hall–Kier alpha value is -1.79. The zero-order valence-corrected chi connectivity index (χ0v) is 12.9. The second-order valence-electron chi connectivity index (χ2n) is 4.73. The zero-order valence-electron chi connectivity index (χ0n) is 11.3. The van der Waals surface area contributed by atoms with E-state index < -0.39 is 10.7 Å². The third-order valence-electron chi connectivity index (χ3n) is 3.11. The van der Waals surface area contributed by atoms with Crippen LogP contribution in [0.5, 0.6) is 0 Å². The molecule has 4 nitrogen and oxygen atoms in total. The van der Waals surface area contributed by atoms with Gasteiger partial charge in [-0.1, -0.05) is 28.1 Å². The number of nitrogens with one attached hydrogen (secondary N) is 1. The fourth-order valence-electron chi connectivity index (χ4n) is 2.01. The summed E-state index contributed by atoms with van der Waals surface area (Å²) in [6.45, 7) is 2.34. The summed E-state index contributed by atoms with van der Waals surface area (Å²) in [4.78, 5) is 10.1. The average Bonchev–Trinajstić information content (AvgIpc) is 2.44. The molecule has 0 saturated heterocycles. The summed E-state index contributed by atoms with van der Waals surface area (Å²) in [6, 6.07) is 11.5. The van der Waals surface area contributed by atoms with E-state index in [4.69, 9.17) is 0 Å². The van der Waals surface area contributed by atoms with Gasteiger partial charge in [-0.05, 0) is 36.2 Å². The molecule has 0 amide bonds. The van der Waals surface area contributed by atoms with Gasteiger partial charge in [0.25, 0.3) is 5.69 Å². The lowest BCUT2D eigenvalue weighted by molar-refractivity contribution is -0.385. The Morgan fingerprint density at radius 2 is 2.10 bits per heavy atom. The van der Waals surface area contributed by atoms with Crippen LogP contribution in [-0.4, -0.2) is 4.92 Å². The highest BCUT2D eigenvalue weighted by atomic mass is 79.9. The lowest BCUT2D eigenvalue weighted by Crippen LogP contribution is -2.18. The molecule has 0 saturated carbocycles. The minimum Gasteiger partial charge on any atom is -0.306 e. The van der Waals surface area contributed by atoms with Gasteiger partial charge in [-0.2, -0.15) is 0 Å². The monoisotopic (exact) mass is 352 g/mol. The Morgan fingerprint density at radius 3 is 2.76 bits per heavy atom. The van der Waals surface area contributed by atoms with Crippen LogP contribution in [0, 0.1) is 15.9 Å². The van der Waals surface area contributed by atoms with Crippen LogP contribution in [0.15, 0.2) is 46.9 Å². The summed E-state index contributed by atoms with van der Waals surface area (Å²) in [6.07, 6.45) is 0. The maximum absolute atomic E-state index is 13.3. The van der Waals surface area contributed by atoms with E-state index in [0.717, 1.165) is 16.1 Å². The first-order chi connectivity index (χ1) is 9.95. The van der Waals surface area contributed by atoms with Crippen molar-refractivity contribution in [1.29, 1.82) is 0 Å². The number of nitrogens with zero attached hydrogens (tertiary/aromatic N) is 1. The highest BCUT2D eigenvalue weighted by Gasteiger charge is 2.11. The molecule has 0 aliphatic heterocycles. The van der Waals surface area contributed by atoms with Crippen molar-refractivity contribution in [1.82, 2.24) is 5.32 Å². The van der Waals surface area contributed by atoms with Crippen molar-refractivity contribution in [3.63, 3.8) is 0 Å². The predicted molar refractivity (Wildman–Crippen MR) is 82.5 cm³/mol. The van der Waals surface area contributed by atoms with Crippen LogP contribution in [0.3, 0.4) is 0 Å². The van der Waals surface area contributed by atoms with Crippen LogP contribution in [0.1, 0.15) is 24.1 Å². The van der Waals surface area contributed by atoms with Crippen molar-refractivity contribution >= 4 is 21.6 Å². The number of hydrogen-bond acceptors (Lipinski definition) is 3. The molecule has 0 heterocycles. The van der Waals surface area contributed by atoms with E-state index in [1.54, 1.807) is 0 Å². The molecular weight excluding hydrogens is 339 g/mol. The van der Waals surface area contributed by atoms with Crippen LogP contribution in [-0.2, 0) is 6.54 Å². The Bertz CT molecular complexity index is 664. The Balaban J connectivity index is 2.07. The molecule has 2 rings (SSSR count). The van der Waals surface area contributed by atoms with E-state index >= 15 is 0 Å². The molecule has 0 fully saturated rings. The van der Waals surface area contributed by atoms with Gasteiger partial charge in [-0.3, -0.25) is 10.1 Å². The third-order valence-corrected chi connectivity index (χ3v) is 3.61. The van der Waals surface area contributed by atoms with E-state index in [9.17, 15) is 14.5 Å². The molecule has 0 aliphatic carbocycles. The minimum atomic E-state index is -0.601. The van der Waals surface area contributed by atoms with Crippen molar-refractivity contribution in [2.45, 2.75) is 19.5 Å². The summed E-state index contributed by atoms with van der Waals surface area (Å²) in [5.41, 5.74) is 1.39. The van der Waals surface area contributed by atoms with Gasteiger partial charge >= 0.3 is 0 Å². The fourth-order valence-corrected chi connectivity index (χ4v) is 2.42. The molecule has 0 radical (unpaired) electrons. The lowest BCUT2D eigenvalue weighted by atomic mass is 10.1. The number of hydrogen-bond donors (Lipinski definition) is 1. The molecule has 110 valence electrons. The van der Waals surface area contributed by atoms with Crippen LogP contribution in [0.4, 0.5) is 10.1 Å². The van der Waals surface area contributed by atoms with Crippen LogP contribution in [0.25, 0.3) is 0 Å². The van der Waals surface area contributed by atoms with E-state index in [0.29, 0.717) is 12.1 Å². The van der Waals surface area contributed by atoms with Crippen molar-refractivity contribution in [3.05, 3.63) is 74.0 Å². The second-order valence-corrected chi connectivity index (χ2v) is 5.65. The quantitative estimate of drug-likeness (QED) is 0.642. The number of rotatable bonds is 5. The maximum atomic E-state index is 13.3. The van der Waals surface area contributed by atoms with Gasteiger partial charge in [0.1, 0.15) is 5.82 Å². The Labute approximate surface area is 130 Å². The number of benzene rings is 2. The highest BCUT2D eigenvalue weighted by molar-refractivity contribution is 9.10. The van der Waals surface area contributed by atoms with E-state index in [1.807, 2.05) is 31.2 Å². The van der Waals surface area contributed by atoms with Gasteiger partial charge in [-0.25, -0.2) is 4.39 Å². The van der Waals surface area contributed by atoms with E-state index in [2.05, 4.69) is 21.2 Å². The lowest BCUT2D eigenvalue weighted by Gasteiger charge is -2.14. The minimum absolute atomic E-state index is 0.0461. The van der Waals surface area contributed by atoms with Crippen LogP contribution >= 0.6 is 15.9 Å². The number of halogens is 2. The summed E-state index contributed by atoms with van der Waals surface area (Å²) in [5.74, 6) is -0.601. The van der Waals surface area contributed by atoms with Gasteiger partial charge in [0.2, 0.25) is 0 Å². The summed E-state index contributed by atoms with van der Waals surface area (Å²) in [5, 5.41) is 13.9. The standard InChI is InChI=1S/C15H14BrFN2O2/c1-10(12-3-2-4-13(16)7-12)18-9-11-5-14(17)8-15(6-11)19(20)21/h2-8,10,18H,9H2,1H3/t10-/m0/s1. The van der Waals surface area contributed by atoms with E-state index in [-0.39, 0.29) is 11.7 Å². The highest BCUT2D eigenvalue weighted by Crippen LogP contribution is 2.20. The normalized spacial score (nSPS) is 12.1. The van der Waals surface area contributed by atoms with Gasteiger partial charge in [-0.15, -0.1) is 0 Å². The number of non-ortho nitro benzene ring substituents is 1. The first kappa shape index (κ1) is 15.6. The van der Waals surface area contributed by atoms with Crippen molar-refractivity contribution in [2.75, 3.05) is 0 Å². The summed E-state index contributed by atoms with van der Waals surface area (Å²) >= 11 is 3.41. The molecule has 0 bridgehead atoms. The molecule has 0 unspecified atom stereocenters. The van der Waals surface area contributed by atoms with E-state index in [1.165, 1.54) is 12.1 Å². The van der Waals surface area contributed by atoms with Crippen LogP contribution < -0.4 is 5.32 Å². The Kier molecular flexibility index (Phi) is 5.03. The molecule has 0 spiro atoms. The average molecular weight is 353 g/mol. The summed E-state index contributed by atoms with van der Waals surface area (Å²) in [7, 11) is 0. The molecular formula is C15H14BrFN2O2. The number of nitro benzene ring substituents is 1. The number of nitro groups is 1. The first-order valence-corrected chi connectivity index (χ1v) is 7.17. The van der Waals surface area contributed by atoms with Gasteiger partial charge < -0.3 is 5.32 Å². The molecule has 2 aromatic rings. The predicted octanol–water partition coefficient (Wildman–Crippen LogP) is 4.35. The molecule has 1 atom stereocenters. The largest absolute Gasteiger partial charge is 0.306 e. The molecule has 21 heavy (non-hydrogen) atoms. The second kappa shape index (κ2) is 6.78. The molecule has 2 aromatic carbocycles. The fraction of sp³-hybridized carbons (Fsp3) is 0.200. The molecule has 0 aromatic heterocycles. The Morgan fingerprint density at radius 1 is 1.33 bits per heavy atom. The summed E-state index contributed by atoms with van der Waals surface area (Å²) < 4.78 is 14.3. The molecule has 6 heteroatoms. The van der Waals surface area contributed by atoms with Crippen LogP contribution in [0.2, 0.25) is 0 Å². The molecule has 0 aliphatic rings. The van der Waals surface area contributed by atoms with Crippen molar-refractivity contribution < 1.29 is 9.31 Å². The first-order valence-electron chi connectivity index (χ1n) is 6.38. The van der Waals surface area contributed by atoms with Crippen molar-refractivity contribution in [3.8, 4) is 0 Å². The smallest absolute Gasteiger partial charge is 0.272 e. The van der Waals surface area contributed by atoms with Gasteiger partial charge in [0, 0.05) is 23.1 Å². The van der Waals surface area contributed by atoms with Gasteiger partial charge in [0.15, 0.2) is 0 Å². The topological polar surface area (TPSA) is 55.2 Å². The van der Waals surface area contributed by atoms with Gasteiger partial charge in [0.05, 0.1) is 11.0 Å². The maximum Gasteiger partial charge on any atom is 0.272 e. The van der Waals surface area contributed by atoms with Crippen molar-refractivity contribution in [2.24, 2.45) is 0 Å². The SMILES string of the molecule is C[C@H](NCc1cc(F)cc([N+](=O)[O-])c1)c1cccc(Br)c1. The molecule has 1 N–H and O–H groups in total. The third kappa shape index (κ3) is 4.34. The zero-order chi connectivity index (χ0) is 15.4.